The summed E-state index contributed by atoms with van der Waals surface area (Å²) in [5.41, 5.74) is 0.876. The molecule has 0 fully saturated rings. The van der Waals surface area contributed by atoms with Gasteiger partial charge in [-0.2, -0.15) is 0 Å². The predicted molar refractivity (Wildman–Crippen MR) is 70.2 cm³/mol. The Bertz CT molecular complexity index is 340. The van der Waals surface area contributed by atoms with Crippen LogP contribution < -0.4 is 10.6 Å². The molecule has 4 heteroatoms. The zero-order valence-corrected chi connectivity index (χ0v) is 9.83. The van der Waals surface area contributed by atoms with E-state index in [1.807, 2.05) is 30.3 Å². The molecule has 86 valence electrons. The number of aliphatic hydroxyl groups is 1. The third-order valence-electron chi connectivity index (χ3n) is 2.05. The van der Waals surface area contributed by atoms with Crippen molar-refractivity contribution in [3.63, 3.8) is 0 Å². The average molecular weight is 236 g/mol. The molecule has 0 bridgehead atoms. The van der Waals surface area contributed by atoms with Gasteiger partial charge in [0.1, 0.15) is 0 Å². The van der Waals surface area contributed by atoms with Crippen LogP contribution in [0.15, 0.2) is 43.0 Å². The van der Waals surface area contributed by atoms with E-state index in [0.717, 1.165) is 5.56 Å². The van der Waals surface area contributed by atoms with E-state index < -0.39 is 6.10 Å². The molecule has 0 saturated heterocycles. The first-order chi connectivity index (χ1) is 7.74. The maximum atomic E-state index is 9.82. The Labute approximate surface area is 101 Å². The molecule has 1 atom stereocenters. The van der Waals surface area contributed by atoms with E-state index in [4.69, 9.17) is 12.2 Å². The van der Waals surface area contributed by atoms with Crippen molar-refractivity contribution in [3.05, 3.63) is 48.6 Å². The van der Waals surface area contributed by atoms with Crippen molar-refractivity contribution in [2.75, 3.05) is 13.1 Å². The van der Waals surface area contributed by atoms with Crippen LogP contribution in [0.3, 0.4) is 0 Å². The first-order valence-electron chi connectivity index (χ1n) is 5.09. The summed E-state index contributed by atoms with van der Waals surface area (Å²) in [6.07, 6.45) is 1.17. The van der Waals surface area contributed by atoms with Crippen molar-refractivity contribution in [2.45, 2.75) is 6.10 Å². The molecule has 1 rings (SSSR count). The van der Waals surface area contributed by atoms with Crippen LogP contribution in [0.2, 0.25) is 0 Å². The lowest BCUT2D eigenvalue weighted by atomic mass is 10.1. The molecule has 1 aromatic rings. The minimum atomic E-state index is -0.551. The standard InChI is InChI=1S/C12H16N2OS/c1-2-8-13-12(16)14-9-11(15)10-6-4-3-5-7-10/h2-7,11,15H,1,8-9H2,(H2,13,14,16). The lowest BCUT2D eigenvalue weighted by Crippen LogP contribution is -2.37. The Kier molecular flexibility index (Phi) is 5.53. The molecule has 0 aliphatic rings. The molecule has 0 spiro atoms. The summed E-state index contributed by atoms with van der Waals surface area (Å²) in [4.78, 5) is 0. The van der Waals surface area contributed by atoms with Crippen molar-refractivity contribution in [3.8, 4) is 0 Å². The molecular weight excluding hydrogens is 220 g/mol. The summed E-state index contributed by atoms with van der Waals surface area (Å²) in [5.74, 6) is 0. The number of thiocarbonyl (C=S) groups is 1. The van der Waals surface area contributed by atoms with Gasteiger partial charge in [0.2, 0.25) is 0 Å². The summed E-state index contributed by atoms with van der Waals surface area (Å²) in [6.45, 7) is 4.59. The molecule has 1 aromatic carbocycles. The Morgan fingerprint density at radius 3 is 2.69 bits per heavy atom. The quantitative estimate of drug-likeness (QED) is 0.534. The molecule has 0 aliphatic heterocycles. The van der Waals surface area contributed by atoms with Gasteiger partial charge in [0, 0.05) is 13.1 Å². The van der Waals surface area contributed by atoms with Gasteiger partial charge in [-0.15, -0.1) is 6.58 Å². The smallest absolute Gasteiger partial charge is 0.166 e. The lowest BCUT2D eigenvalue weighted by molar-refractivity contribution is 0.181. The highest BCUT2D eigenvalue weighted by Gasteiger charge is 2.06. The normalized spacial score (nSPS) is 11.6. The minimum absolute atomic E-state index is 0.396. The summed E-state index contributed by atoms with van der Waals surface area (Å²) >= 11 is 5.01. The van der Waals surface area contributed by atoms with E-state index >= 15 is 0 Å². The zero-order valence-electron chi connectivity index (χ0n) is 9.02. The maximum Gasteiger partial charge on any atom is 0.166 e. The van der Waals surface area contributed by atoms with Crippen LogP contribution in [0.1, 0.15) is 11.7 Å². The highest BCUT2D eigenvalue weighted by atomic mass is 32.1. The fourth-order valence-corrected chi connectivity index (χ4v) is 1.38. The minimum Gasteiger partial charge on any atom is -0.387 e. The molecule has 1 unspecified atom stereocenters. The molecule has 16 heavy (non-hydrogen) atoms. The Balaban J connectivity index is 2.33. The Hall–Kier alpha value is -1.39. The molecule has 0 amide bonds. The fourth-order valence-electron chi connectivity index (χ4n) is 1.21. The van der Waals surface area contributed by atoms with Gasteiger partial charge in [-0.25, -0.2) is 0 Å². The summed E-state index contributed by atoms with van der Waals surface area (Å²) in [7, 11) is 0. The second-order valence-corrected chi connectivity index (χ2v) is 3.71. The molecular formula is C12H16N2OS. The highest BCUT2D eigenvalue weighted by Crippen LogP contribution is 2.10. The molecule has 0 saturated carbocycles. The molecule has 3 nitrogen and oxygen atoms in total. The van der Waals surface area contributed by atoms with Crippen molar-refractivity contribution in [1.29, 1.82) is 0 Å². The van der Waals surface area contributed by atoms with Crippen LogP contribution in [0, 0.1) is 0 Å². The van der Waals surface area contributed by atoms with E-state index in [2.05, 4.69) is 17.2 Å². The number of rotatable bonds is 5. The number of benzene rings is 1. The van der Waals surface area contributed by atoms with Gasteiger partial charge in [0.05, 0.1) is 6.10 Å². The molecule has 0 radical (unpaired) electrons. The van der Waals surface area contributed by atoms with Crippen LogP contribution in [0.4, 0.5) is 0 Å². The third kappa shape index (κ3) is 4.42. The Morgan fingerprint density at radius 2 is 2.06 bits per heavy atom. The van der Waals surface area contributed by atoms with E-state index in [1.165, 1.54) is 0 Å². The van der Waals surface area contributed by atoms with Gasteiger partial charge in [-0.1, -0.05) is 36.4 Å². The summed E-state index contributed by atoms with van der Waals surface area (Å²) < 4.78 is 0. The SMILES string of the molecule is C=CCNC(=S)NCC(O)c1ccccc1. The second kappa shape index (κ2) is 6.98. The molecule has 0 heterocycles. The van der Waals surface area contributed by atoms with E-state index in [9.17, 15) is 5.11 Å². The fraction of sp³-hybridized carbons (Fsp3) is 0.250. The van der Waals surface area contributed by atoms with Crippen LogP contribution in [-0.4, -0.2) is 23.3 Å². The number of aliphatic hydroxyl groups excluding tert-OH is 1. The third-order valence-corrected chi connectivity index (χ3v) is 2.34. The monoisotopic (exact) mass is 236 g/mol. The summed E-state index contributed by atoms with van der Waals surface area (Å²) in [5, 5.41) is 16.2. The zero-order chi connectivity index (χ0) is 11.8. The van der Waals surface area contributed by atoms with Crippen molar-refractivity contribution in [2.24, 2.45) is 0 Å². The number of nitrogens with one attached hydrogen (secondary N) is 2. The van der Waals surface area contributed by atoms with Crippen LogP contribution in [0.25, 0.3) is 0 Å². The van der Waals surface area contributed by atoms with Gasteiger partial charge < -0.3 is 15.7 Å². The van der Waals surface area contributed by atoms with Crippen molar-refractivity contribution < 1.29 is 5.11 Å². The lowest BCUT2D eigenvalue weighted by Gasteiger charge is -2.14. The van der Waals surface area contributed by atoms with Crippen LogP contribution in [0.5, 0.6) is 0 Å². The largest absolute Gasteiger partial charge is 0.387 e. The van der Waals surface area contributed by atoms with Crippen molar-refractivity contribution in [1.82, 2.24) is 10.6 Å². The van der Waals surface area contributed by atoms with E-state index in [1.54, 1.807) is 6.08 Å². The van der Waals surface area contributed by atoms with Gasteiger partial charge in [0.25, 0.3) is 0 Å². The van der Waals surface area contributed by atoms with Gasteiger partial charge >= 0.3 is 0 Å². The molecule has 0 aromatic heterocycles. The Morgan fingerprint density at radius 1 is 1.38 bits per heavy atom. The number of hydrogen-bond donors (Lipinski definition) is 3. The second-order valence-electron chi connectivity index (χ2n) is 3.31. The average Bonchev–Trinajstić information content (AvgIpc) is 2.34. The van der Waals surface area contributed by atoms with Gasteiger partial charge in [0.15, 0.2) is 5.11 Å². The molecule has 0 aliphatic carbocycles. The highest BCUT2D eigenvalue weighted by molar-refractivity contribution is 7.80. The first-order valence-corrected chi connectivity index (χ1v) is 5.50. The van der Waals surface area contributed by atoms with Gasteiger partial charge in [-0.3, -0.25) is 0 Å². The van der Waals surface area contributed by atoms with E-state index in [-0.39, 0.29) is 0 Å². The topological polar surface area (TPSA) is 44.3 Å². The number of hydrogen-bond acceptors (Lipinski definition) is 2. The van der Waals surface area contributed by atoms with Gasteiger partial charge in [-0.05, 0) is 17.8 Å². The first kappa shape index (κ1) is 12.7. The van der Waals surface area contributed by atoms with Crippen molar-refractivity contribution >= 4 is 17.3 Å². The predicted octanol–water partition coefficient (Wildman–Crippen LogP) is 1.37. The molecule has 3 N–H and O–H groups in total. The van der Waals surface area contributed by atoms with E-state index in [0.29, 0.717) is 18.2 Å². The summed E-state index contributed by atoms with van der Waals surface area (Å²) in [6, 6.07) is 9.47. The maximum absolute atomic E-state index is 9.82. The van der Waals surface area contributed by atoms with Crippen LogP contribution >= 0.6 is 12.2 Å². The van der Waals surface area contributed by atoms with Crippen LogP contribution in [-0.2, 0) is 0 Å².